The molecule has 7 heteroatoms. The minimum Gasteiger partial charge on any atom is -0.491 e. The highest BCUT2D eigenvalue weighted by Gasteiger charge is 2.34. The largest absolute Gasteiger partial charge is 0.491 e. The Morgan fingerprint density at radius 1 is 1.16 bits per heavy atom. The zero-order valence-electron chi connectivity index (χ0n) is 19.1. The Labute approximate surface area is 185 Å². The number of likely N-dealkylation sites (N-methyl/N-ethyl adjacent to an activating group) is 1. The highest BCUT2D eigenvalue weighted by molar-refractivity contribution is 5.95. The maximum absolute atomic E-state index is 13.0. The minimum atomic E-state index is -0.573. The first-order chi connectivity index (χ1) is 14.9. The van der Waals surface area contributed by atoms with Gasteiger partial charge in [0.1, 0.15) is 5.75 Å². The van der Waals surface area contributed by atoms with E-state index in [1.54, 1.807) is 6.92 Å². The summed E-state index contributed by atoms with van der Waals surface area (Å²) in [5.74, 6) is 0.340. The molecule has 1 aliphatic carbocycles. The second kappa shape index (κ2) is 10.7. The standard InChI is InChI=1S/C24H35N3O4/c1-5-30-23(28)21-20(15-27(4)18-9-7-6-8-10-18)25-24(29)26-22(21)17-11-13-19(14-12-17)31-16(2)3/h11-14,16,18,22H,5-10,15H2,1-4H3,(H2,25,26,29)/t22-/m1/s1. The van der Waals surface area contributed by atoms with Crippen molar-refractivity contribution in [2.75, 3.05) is 20.2 Å². The zero-order valence-corrected chi connectivity index (χ0v) is 19.1. The van der Waals surface area contributed by atoms with E-state index < -0.39 is 12.0 Å². The molecule has 2 aliphatic rings. The highest BCUT2D eigenvalue weighted by Crippen LogP contribution is 2.30. The van der Waals surface area contributed by atoms with Gasteiger partial charge in [0.2, 0.25) is 0 Å². The van der Waals surface area contributed by atoms with Crippen molar-refractivity contribution in [3.63, 3.8) is 0 Å². The highest BCUT2D eigenvalue weighted by atomic mass is 16.5. The number of nitrogens with zero attached hydrogens (tertiary/aromatic N) is 1. The number of urea groups is 1. The van der Waals surface area contributed by atoms with E-state index >= 15 is 0 Å². The average Bonchev–Trinajstić information content (AvgIpc) is 2.74. The number of nitrogens with one attached hydrogen (secondary N) is 2. The third kappa shape index (κ3) is 6.00. The third-order valence-electron chi connectivity index (χ3n) is 5.84. The van der Waals surface area contributed by atoms with Crippen molar-refractivity contribution in [2.45, 2.75) is 71.1 Å². The van der Waals surface area contributed by atoms with Gasteiger partial charge in [0, 0.05) is 18.3 Å². The topological polar surface area (TPSA) is 79.9 Å². The van der Waals surface area contributed by atoms with E-state index in [-0.39, 0.29) is 18.7 Å². The van der Waals surface area contributed by atoms with Gasteiger partial charge in [-0.25, -0.2) is 9.59 Å². The predicted molar refractivity (Wildman–Crippen MR) is 120 cm³/mol. The van der Waals surface area contributed by atoms with Crippen LogP contribution in [0.25, 0.3) is 0 Å². The van der Waals surface area contributed by atoms with Gasteiger partial charge in [-0.2, -0.15) is 0 Å². The Kier molecular flexibility index (Phi) is 7.96. The maximum atomic E-state index is 13.0. The summed E-state index contributed by atoms with van der Waals surface area (Å²) in [5.41, 5.74) is 1.89. The molecule has 31 heavy (non-hydrogen) atoms. The number of carbonyl (C=O) groups excluding carboxylic acids is 2. The lowest BCUT2D eigenvalue weighted by Crippen LogP contribution is -2.49. The fraction of sp³-hybridized carbons (Fsp3) is 0.583. The first-order valence-corrected chi connectivity index (χ1v) is 11.3. The van der Waals surface area contributed by atoms with Gasteiger partial charge >= 0.3 is 12.0 Å². The number of hydrogen-bond acceptors (Lipinski definition) is 5. The molecule has 1 saturated carbocycles. The van der Waals surface area contributed by atoms with Crippen LogP contribution >= 0.6 is 0 Å². The van der Waals surface area contributed by atoms with Gasteiger partial charge in [0.05, 0.1) is 24.3 Å². The van der Waals surface area contributed by atoms with Crippen molar-refractivity contribution in [2.24, 2.45) is 0 Å². The lowest BCUT2D eigenvalue weighted by molar-refractivity contribution is -0.139. The Balaban J connectivity index is 1.91. The molecular weight excluding hydrogens is 394 g/mol. The Morgan fingerprint density at radius 2 is 1.84 bits per heavy atom. The molecule has 2 amide bonds. The summed E-state index contributed by atoms with van der Waals surface area (Å²) >= 11 is 0. The molecule has 2 N–H and O–H groups in total. The number of amides is 2. The summed E-state index contributed by atoms with van der Waals surface area (Å²) in [7, 11) is 2.06. The average molecular weight is 430 g/mol. The van der Waals surface area contributed by atoms with E-state index in [0.29, 0.717) is 23.9 Å². The maximum Gasteiger partial charge on any atom is 0.338 e. The van der Waals surface area contributed by atoms with Crippen molar-refractivity contribution >= 4 is 12.0 Å². The number of ether oxygens (including phenoxy) is 2. The molecule has 1 aromatic carbocycles. The number of hydrogen-bond donors (Lipinski definition) is 2. The normalized spacial score (nSPS) is 19.9. The van der Waals surface area contributed by atoms with E-state index in [0.717, 1.165) is 24.2 Å². The summed E-state index contributed by atoms with van der Waals surface area (Å²) in [6.45, 7) is 6.50. The lowest BCUT2D eigenvalue weighted by atomic mass is 9.92. The molecule has 0 unspecified atom stereocenters. The summed E-state index contributed by atoms with van der Waals surface area (Å²) < 4.78 is 11.1. The van der Waals surface area contributed by atoms with Gasteiger partial charge in [-0.1, -0.05) is 31.4 Å². The molecule has 1 aliphatic heterocycles. The predicted octanol–water partition coefficient (Wildman–Crippen LogP) is 3.91. The van der Waals surface area contributed by atoms with E-state index in [9.17, 15) is 9.59 Å². The van der Waals surface area contributed by atoms with Crippen molar-refractivity contribution in [3.8, 4) is 5.75 Å². The van der Waals surface area contributed by atoms with Crippen LogP contribution in [0.4, 0.5) is 4.79 Å². The zero-order chi connectivity index (χ0) is 22.4. The van der Waals surface area contributed by atoms with Crippen molar-refractivity contribution < 1.29 is 19.1 Å². The second-order valence-electron chi connectivity index (χ2n) is 8.59. The molecule has 1 atom stereocenters. The summed E-state index contributed by atoms with van der Waals surface area (Å²) in [6, 6.07) is 7.07. The van der Waals surface area contributed by atoms with Crippen LogP contribution in [-0.2, 0) is 9.53 Å². The SMILES string of the molecule is CCOC(=O)C1=C(CN(C)C2CCCCC2)NC(=O)N[C@@H]1c1ccc(OC(C)C)cc1. The van der Waals surface area contributed by atoms with Crippen molar-refractivity contribution in [1.29, 1.82) is 0 Å². The molecule has 0 radical (unpaired) electrons. The van der Waals surface area contributed by atoms with Crippen molar-refractivity contribution in [1.82, 2.24) is 15.5 Å². The Morgan fingerprint density at radius 3 is 2.45 bits per heavy atom. The molecule has 0 aromatic heterocycles. The Bertz CT molecular complexity index is 798. The molecular formula is C24H35N3O4. The van der Waals surface area contributed by atoms with E-state index in [1.807, 2.05) is 38.1 Å². The summed E-state index contributed by atoms with van der Waals surface area (Å²) in [5, 5.41) is 5.77. The second-order valence-corrected chi connectivity index (χ2v) is 8.59. The number of rotatable bonds is 8. The number of esters is 1. The van der Waals surface area contributed by atoms with E-state index in [4.69, 9.17) is 9.47 Å². The van der Waals surface area contributed by atoms with Gasteiger partial charge in [-0.15, -0.1) is 0 Å². The smallest absolute Gasteiger partial charge is 0.338 e. The van der Waals surface area contributed by atoms with Gasteiger partial charge in [-0.3, -0.25) is 4.90 Å². The van der Waals surface area contributed by atoms with Crippen LogP contribution in [0.2, 0.25) is 0 Å². The van der Waals surface area contributed by atoms with Crippen LogP contribution < -0.4 is 15.4 Å². The lowest BCUT2D eigenvalue weighted by Gasteiger charge is -2.35. The van der Waals surface area contributed by atoms with Gasteiger partial charge < -0.3 is 20.1 Å². The minimum absolute atomic E-state index is 0.0707. The van der Waals surface area contributed by atoms with Crippen LogP contribution in [0.15, 0.2) is 35.5 Å². The molecule has 170 valence electrons. The van der Waals surface area contributed by atoms with Crippen LogP contribution in [0.1, 0.15) is 64.5 Å². The first kappa shape index (κ1) is 23.1. The molecule has 1 fully saturated rings. The molecule has 0 saturated heterocycles. The van der Waals surface area contributed by atoms with Crippen LogP contribution in [-0.4, -0.2) is 49.2 Å². The third-order valence-corrected chi connectivity index (χ3v) is 5.84. The molecule has 3 rings (SSSR count). The van der Waals surface area contributed by atoms with Crippen molar-refractivity contribution in [3.05, 3.63) is 41.1 Å². The first-order valence-electron chi connectivity index (χ1n) is 11.3. The fourth-order valence-electron chi connectivity index (χ4n) is 4.35. The van der Waals surface area contributed by atoms with Crippen LogP contribution in [0.5, 0.6) is 5.75 Å². The molecule has 1 aromatic rings. The van der Waals surface area contributed by atoms with Gasteiger partial charge in [0.25, 0.3) is 0 Å². The number of carbonyl (C=O) groups is 2. The number of benzene rings is 1. The monoisotopic (exact) mass is 429 g/mol. The fourth-order valence-corrected chi connectivity index (χ4v) is 4.35. The quantitative estimate of drug-likeness (QED) is 0.613. The van der Waals surface area contributed by atoms with Gasteiger partial charge in [0.15, 0.2) is 0 Å². The summed E-state index contributed by atoms with van der Waals surface area (Å²) in [4.78, 5) is 27.7. The molecule has 0 spiro atoms. The van der Waals surface area contributed by atoms with Crippen LogP contribution in [0, 0.1) is 0 Å². The molecule has 7 nitrogen and oxygen atoms in total. The Hall–Kier alpha value is -2.54. The van der Waals surface area contributed by atoms with Crippen LogP contribution in [0.3, 0.4) is 0 Å². The molecule has 0 bridgehead atoms. The summed E-state index contributed by atoms with van der Waals surface area (Å²) in [6.07, 6.45) is 6.08. The molecule has 1 heterocycles. The van der Waals surface area contributed by atoms with Gasteiger partial charge in [-0.05, 0) is 58.4 Å². The van der Waals surface area contributed by atoms with E-state index in [2.05, 4.69) is 22.6 Å². The van der Waals surface area contributed by atoms with E-state index in [1.165, 1.54) is 19.3 Å².